The summed E-state index contributed by atoms with van der Waals surface area (Å²) in [7, 11) is 0. The summed E-state index contributed by atoms with van der Waals surface area (Å²) < 4.78 is 0. The van der Waals surface area contributed by atoms with Crippen molar-refractivity contribution in [2.24, 2.45) is 0 Å². The van der Waals surface area contributed by atoms with Crippen LogP contribution in [0.5, 0.6) is 0 Å². The van der Waals surface area contributed by atoms with E-state index < -0.39 is 5.97 Å². The number of nitrogens with zero attached hydrogens (tertiary/aromatic N) is 1. The fraction of sp³-hybridized carbons (Fsp3) is 0.286. The van der Waals surface area contributed by atoms with Crippen LogP contribution >= 0.6 is 11.3 Å². The summed E-state index contributed by atoms with van der Waals surface area (Å²) in [5.74, 6) is -0.894. The van der Waals surface area contributed by atoms with Gasteiger partial charge in [-0.05, 0) is 24.1 Å². The van der Waals surface area contributed by atoms with Crippen molar-refractivity contribution < 1.29 is 9.90 Å². The SMILES string of the molecule is CCc1cnc(CNCc2cccc(C(=O)O)c2)s1. The van der Waals surface area contributed by atoms with Crippen LogP contribution in [0.25, 0.3) is 0 Å². The van der Waals surface area contributed by atoms with E-state index in [0.29, 0.717) is 18.7 Å². The Balaban J connectivity index is 1.88. The molecule has 0 unspecified atom stereocenters. The zero-order chi connectivity index (χ0) is 13.7. The molecule has 2 rings (SSSR count). The summed E-state index contributed by atoms with van der Waals surface area (Å²) >= 11 is 1.71. The predicted molar refractivity (Wildman–Crippen MR) is 75.4 cm³/mol. The lowest BCUT2D eigenvalue weighted by Gasteiger charge is -2.04. The molecular weight excluding hydrogens is 260 g/mol. The number of hydrogen-bond donors (Lipinski definition) is 2. The first-order valence-electron chi connectivity index (χ1n) is 6.15. The Labute approximate surface area is 116 Å². The van der Waals surface area contributed by atoms with E-state index in [4.69, 9.17) is 5.11 Å². The van der Waals surface area contributed by atoms with Gasteiger partial charge >= 0.3 is 5.97 Å². The lowest BCUT2D eigenvalue weighted by atomic mass is 10.1. The van der Waals surface area contributed by atoms with Crippen LogP contribution in [0.15, 0.2) is 30.5 Å². The van der Waals surface area contributed by atoms with Crippen LogP contribution in [0.2, 0.25) is 0 Å². The minimum Gasteiger partial charge on any atom is -0.478 e. The minimum atomic E-state index is -0.894. The van der Waals surface area contributed by atoms with E-state index in [1.54, 1.807) is 29.5 Å². The average molecular weight is 276 g/mol. The third-order valence-electron chi connectivity index (χ3n) is 2.73. The lowest BCUT2D eigenvalue weighted by molar-refractivity contribution is 0.0696. The summed E-state index contributed by atoms with van der Waals surface area (Å²) in [5, 5.41) is 13.3. The smallest absolute Gasteiger partial charge is 0.335 e. The molecule has 0 atom stereocenters. The Hall–Kier alpha value is -1.72. The highest BCUT2D eigenvalue weighted by Gasteiger charge is 2.04. The Morgan fingerprint density at radius 1 is 1.42 bits per heavy atom. The quantitative estimate of drug-likeness (QED) is 0.851. The molecule has 100 valence electrons. The number of rotatable bonds is 6. The molecule has 0 amide bonds. The number of hydrogen-bond acceptors (Lipinski definition) is 4. The summed E-state index contributed by atoms with van der Waals surface area (Å²) in [5.41, 5.74) is 1.29. The maximum Gasteiger partial charge on any atom is 0.335 e. The summed E-state index contributed by atoms with van der Waals surface area (Å²) in [6.07, 6.45) is 2.92. The molecule has 0 saturated heterocycles. The molecule has 0 fully saturated rings. The Morgan fingerprint density at radius 2 is 2.26 bits per heavy atom. The van der Waals surface area contributed by atoms with Crippen molar-refractivity contribution in [2.45, 2.75) is 26.4 Å². The highest BCUT2D eigenvalue weighted by Crippen LogP contribution is 2.13. The molecule has 1 aromatic carbocycles. The molecule has 2 aromatic rings. The van der Waals surface area contributed by atoms with Gasteiger partial charge in [0, 0.05) is 24.2 Å². The molecule has 0 saturated carbocycles. The number of aromatic nitrogens is 1. The zero-order valence-corrected chi connectivity index (χ0v) is 11.5. The highest BCUT2D eigenvalue weighted by atomic mass is 32.1. The van der Waals surface area contributed by atoms with Crippen LogP contribution in [-0.4, -0.2) is 16.1 Å². The van der Waals surface area contributed by atoms with Crippen LogP contribution in [-0.2, 0) is 19.5 Å². The van der Waals surface area contributed by atoms with Gasteiger partial charge in [-0.25, -0.2) is 9.78 Å². The number of aryl methyl sites for hydroxylation is 1. The van der Waals surface area contributed by atoms with Gasteiger partial charge in [0.25, 0.3) is 0 Å². The fourth-order valence-electron chi connectivity index (χ4n) is 1.72. The van der Waals surface area contributed by atoms with Gasteiger partial charge in [0.05, 0.1) is 5.56 Å². The van der Waals surface area contributed by atoms with E-state index in [1.165, 1.54) is 4.88 Å². The molecule has 4 nitrogen and oxygen atoms in total. The Morgan fingerprint density at radius 3 is 2.95 bits per heavy atom. The first-order valence-corrected chi connectivity index (χ1v) is 6.97. The van der Waals surface area contributed by atoms with Gasteiger partial charge in [0.1, 0.15) is 5.01 Å². The van der Waals surface area contributed by atoms with Crippen LogP contribution < -0.4 is 5.32 Å². The molecule has 2 N–H and O–H groups in total. The largest absolute Gasteiger partial charge is 0.478 e. The molecule has 1 aromatic heterocycles. The topological polar surface area (TPSA) is 62.2 Å². The van der Waals surface area contributed by atoms with E-state index >= 15 is 0 Å². The third kappa shape index (κ3) is 3.87. The number of carbonyl (C=O) groups is 1. The second kappa shape index (κ2) is 6.45. The molecule has 0 aliphatic carbocycles. The van der Waals surface area contributed by atoms with E-state index in [9.17, 15) is 4.79 Å². The first-order chi connectivity index (χ1) is 9.19. The molecule has 0 spiro atoms. The molecule has 1 heterocycles. The summed E-state index contributed by atoms with van der Waals surface area (Å²) in [6.45, 7) is 3.46. The van der Waals surface area contributed by atoms with Crippen molar-refractivity contribution >= 4 is 17.3 Å². The van der Waals surface area contributed by atoms with E-state index in [0.717, 1.165) is 17.0 Å². The van der Waals surface area contributed by atoms with E-state index in [2.05, 4.69) is 17.2 Å². The van der Waals surface area contributed by atoms with E-state index in [-0.39, 0.29) is 0 Å². The number of carboxylic acid groups (broad SMARTS) is 1. The number of aromatic carboxylic acids is 1. The van der Waals surface area contributed by atoms with Gasteiger partial charge in [-0.15, -0.1) is 11.3 Å². The maximum atomic E-state index is 10.9. The van der Waals surface area contributed by atoms with Gasteiger partial charge in [-0.3, -0.25) is 0 Å². The highest BCUT2D eigenvalue weighted by molar-refractivity contribution is 7.11. The Bertz CT molecular complexity index is 566. The normalized spacial score (nSPS) is 10.6. The number of carboxylic acids is 1. The van der Waals surface area contributed by atoms with Gasteiger partial charge < -0.3 is 10.4 Å². The first kappa shape index (κ1) is 13.7. The van der Waals surface area contributed by atoms with Crippen LogP contribution in [0.4, 0.5) is 0 Å². The number of benzene rings is 1. The monoisotopic (exact) mass is 276 g/mol. The van der Waals surface area contributed by atoms with Crippen molar-refractivity contribution in [2.75, 3.05) is 0 Å². The number of nitrogens with one attached hydrogen (secondary N) is 1. The van der Waals surface area contributed by atoms with E-state index in [1.807, 2.05) is 12.3 Å². The van der Waals surface area contributed by atoms with Gasteiger partial charge in [0.15, 0.2) is 0 Å². The van der Waals surface area contributed by atoms with Crippen molar-refractivity contribution in [1.29, 1.82) is 0 Å². The molecule has 0 bridgehead atoms. The van der Waals surface area contributed by atoms with Gasteiger partial charge in [-0.2, -0.15) is 0 Å². The summed E-state index contributed by atoms with van der Waals surface area (Å²) in [4.78, 5) is 16.5. The predicted octanol–water partition coefficient (Wildman–Crippen LogP) is 2.69. The van der Waals surface area contributed by atoms with Crippen molar-refractivity contribution in [1.82, 2.24) is 10.3 Å². The molecule has 0 aliphatic heterocycles. The van der Waals surface area contributed by atoms with Crippen molar-refractivity contribution in [3.05, 3.63) is 51.5 Å². The van der Waals surface area contributed by atoms with Crippen molar-refractivity contribution in [3.63, 3.8) is 0 Å². The average Bonchev–Trinajstić information content (AvgIpc) is 2.87. The van der Waals surface area contributed by atoms with Crippen LogP contribution in [0.3, 0.4) is 0 Å². The molecular formula is C14H16N2O2S. The minimum absolute atomic E-state index is 0.321. The molecule has 19 heavy (non-hydrogen) atoms. The van der Waals surface area contributed by atoms with Gasteiger partial charge in [-0.1, -0.05) is 19.1 Å². The lowest BCUT2D eigenvalue weighted by Crippen LogP contribution is -2.12. The molecule has 0 aliphatic rings. The maximum absolute atomic E-state index is 10.9. The second-order valence-corrected chi connectivity index (χ2v) is 5.38. The second-order valence-electron chi connectivity index (χ2n) is 4.18. The Kier molecular flexibility index (Phi) is 4.65. The summed E-state index contributed by atoms with van der Waals surface area (Å²) in [6, 6.07) is 6.96. The standard InChI is InChI=1S/C14H16N2O2S/c1-2-12-8-16-13(19-12)9-15-7-10-4-3-5-11(6-10)14(17)18/h3-6,8,15H,2,7,9H2,1H3,(H,17,18). The van der Waals surface area contributed by atoms with Crippen LogP contribution in [0.1, 0.15) is 32.7 Å². The third-order valence-corrected chi connectivity index (χ3v) is 3.87. The number of thiazole rings is 1. The molecule has 5 heteroatoms. The molecule has 0 radical (unpaired) electrons. The van der Waals surface area contributed by atoms with Crippen molar-refractivity contribution in [3.8, 4) is 0 Å². The van der Waals surface area contributed by atoms with Gasteiger partial charge in [0.2, 0.25) is 0 Å². The zero-order valence-electron chi connectivity index (χ0n) is 10.7. The van der Waals surface area contributed by atoms with Crippen LogP contribution in [0, 0.1) is 0 Å². The fourth-order valence-corrected chi connectivity index (χ4v) is 2.55.